The van der Waals surface area contributed by atoms with Crippen LogP contribution in [0, 0.1) is 0 Å². The van der Waals surface area contributed by atoms with Crippen LogP contribution in [0.5, 0.6) is 0 Å². The molecule has 2 aromatic rings. The molecular formula is C10H10Cl2N2. The van der Waals surface area contributed by atoms with Crippen molar-refractivity contribution >= 4 is 34.2 Å². The Hall–Kier alpha value is -0.730. The van der Waals surface area contributed by atoms with E-state index in [-0.39, 0.29) is 0 Å². The third kappa shape index (κ3) is 1.49. The monoisotopic (exact) mass is 228 g/mol. The molecule has 0 amide bonds. The van der Waals surface area contributed by atoms with Crippen LogP contribution in [-0.2, 0) is 12.3 Å². The van der Waals surface area contributed by atoms with Gasteiger partial charge in [-0.05, 0) is 24.1 Å². The Balaban J connectivity index is 2.73. The van der Waals surface area contributed by atoms with Crippen molar-refractivity contribution in [3.63, 3.8) is 0 Å². The number of halogens is 2. The van der Waals surface area contributed by atoms with E-state index < -0.39 is 0 Å². The summed E-state index contributed by atoms with van der Waals surface area (Å²) >= 11 is 11.8. The van der Waals surface area contributed by atoms with Gasteiger partial charge < -0.3 is 4.98 Å². The predicted molar refractivity (Wildman–Crippen MR) is 60.0 cm³/mol. The molecule has 1 aromatic carbocycles. The van der Waals surface area contributed by atoms with Gasteiger partial charge in [0.15, 0.2) is 0 Å². The predicted octanol–water partition coefficient (Wildman–Crippen LogP) is 3.52. The lowest BCUT2D eigenvalue weighted by atomic mass is 10.1. The molecule has 0 saturated carbocycles. The molecule has 2 rings (SSSR count). The number of imidazole rings is 1. The van der Waals surface area contributed by atoms with Crippen molar-refractivity contribution < 1.29 is 0 Å². The zero-order valence-corrected chi connectivity index (χ0v) is 9.28. The van der Waals surface area contributed by atoms with E-state index in [1.807, 2.05) is 12.1 Å². The second-order valence-corrected chi connectivity index (χ2v) is 3.77. The Morgan fingerprint density at radius 2 is 2.21 bits per heavy atom. The van der Waals surface area contributed by atoms with E-state index in [4.69, 9.17) is 23.2 Å². The Labute approximate surface area is 92.2 Å². The van der Waals surface area contributed by atoms with Gasteiger partial charge >= 0.3 is 0 Å². The lowest BCUT2D eigenvalue weighted by Gasteiger charge is -2.00. The fourth-order valence-electron chi connectivity index (χ4n) is 1.56. The van der Waals surface area contributed by atoms with Gasteiger partial charge in [-0.1, -0.05) is 18.5 Å². The molecule has 2 nitrogen and oxygen atoms in total. The lowest BCUT2D eigenvalue weighted by molar-refractivity contribution is 1.12. The average Bonchev–Trinajstić information content (AvgIpc) is 2.60. The normalized spacial score (nSPS) is 11.1. The molecule has 0 aliphatic rings. The highest BCUT2D eigenvalue weighted by atomic mass is 35.5. The van der Waals surface area contributed by atoms with Crippen LogP contribution in [0.4, 0.5) is 0 Å². The topological polar surface area (TPSA) is 28.7 Å². The standard InChI is InChI=1S/C10H10Cl2N2/c1-2-6-7(12)3-4-8-10(6)14-9(5-11)13-8/h3-4H,2,5H2,1H3,(H,13,14). The highest BCUT2D eigenvalue weighted by Gasteiger charge is 2.08. The Morgan fingerprint density at radius 1 is 1.43 bits per heavy atom. The van der Waals surface area contributed by atoms with Gasteiger partial charge in [-0.15, -0.1) is 11.6 Å². The fraction of sp³-hybridized carbons (Fsp3) is 0.300. The van der Waals surface area contributed by atoms with Crippen LogP contribution in [0.1, 0.15) is 18.3 Å². The smallest absolute Gasteiger partial charge is 0.122 e. The molecule has 0 unspecified atom stereocenters. The maximum absolute atomic E-state index is 6.07. The van der Waals surface area contributed by atoms with E-state index in [0.29, 0.717) is 5.88 Å². The Kier molecular flexibility index (Phi) is 2.66. The first-order valence-electron chi connectivity index (χ1n) is 4.48. The lowest BCUT2D eigenvalue weighted by Crippen LogP contribution is -1.85. The van der Waals surface area contributed by atoms with Crippen LogP contribution >= 0.6 is 23.2 Å². The largest absolute Gasteiger partial charge is 0.341 e. The van der Waals surface area contributed by atoms with Crippen molar-refractivity contribution in [1.82, 2.24) is 9.97 Å². The minimum atomic E-state index is 0.398. The number of H-pyrrole nitrogens is 1. The number of aryl methyl sites for hydroxylation is 1. The first-order chi connectivity index (χ1) is 6.76. The van der Waals surface area contributed by atoms with Crippen molar-refractivity contribution in [2.75, 3.05) is 0 Å². The number of aromatic amines is 1. The molecule has 0 aliphatic heterocycles. The van der Waals surface area contributed by atoms with E-state index in [1.54, 1.807) is 0 Å². The molecule has 4 heteroatoms. The van der Waals surface area contributed by atoms with Crippen LogP contribution < -0.4 is 0 Å². The SMILES string of the molecule is CCc1c(Cl)ccc2[nH]c(CCl)nc12. The minimum Gasteiger partial charge on any atom is -0.341 e. The van der Waals surface area contributed by atoms with E-state index in [0.717, 1.165) is 33.9 Å². The third-order valence-corrected chi connectivity index (χ3v) is 2.84. The highest BCUT2D eigenvalue weighted by Crippen LogP contribution is 2.25. The highest BCUT2D eigenvalue weighted by molar-refractivity contribution is 6.32. The average molecular weight is 229 g/mol. The molecule has 1 heterocycles. The maximum Gasteiger partial charge on any atom is 0.122 e. The van der Waals surface area contributed by atoms with Gasteiger partial charge in [-0.2, -0.15) is 0 Å². The summed E-state index contributed by atoms with van der Waals surface area (Å²) in [5.41, 5.74) is 3.02. The first-order valence-corrected chi connectivity index (χ1v) is 5.39. The fourth-order valence-corrected chi connectivity index (χ4v) is 1.97. The number of rotatable bonds is 2. The van der Waals surface area contributed by atoms with Crippen LogP contribution in [0.15, 0.2) is 12.1 Å². The van der Waals surface area contributed by atoms with Crippen LogP contribution in [0.3, 0.4) is 0 Å². The van der Waals surface area contributed by atoms with Crippen molar-refractivity contribution in [1.29, 1.82) is 0 Å². The molecule has 0 saturated heterocycles. The summed E-state index contributed by atoms with van der Waals surface area (Å²) in [4.78, 5) is 7.54. The van der Waals surface area contributed by atoms with Crippen LogP contribution in [0.25, 0.3) is 11.0 Å². The second-order valence-electron chi connectivity index (χ2n) is 3.09. The summed E-state index contributed by atoms with van der Waals surface area (Å²) in [6, 6.07) is 3.82. The summed E-state index contributed by atoms with van der Waals surface area (Å²) in [6.07, 6.45) is 0.878. The molecule has 0 fully saturated rings. The van der Waals surface area contributed by atoms with Gasteiger partial charge in [0, 0.05) is 5.02 Å². The molecule has 0 radical (unpaired) electrons. The van der Waals surface area contributed by atoms with Gasteiger partial charge in [0.05, 0.1) is 16.9 Å². The molecule has 0 aliphatic carbocycles. The number of fused-ring (bicyclic) bond motifs is 1. The zero-order valence-electron chi connectivity index (χ0n) is 7.77. The molecule has 0 atom stereocenters. The number of hydrogen-bond donors (Lipinski definition) is 1. The van der Waals surface area contributed by atoms with E-state index in [9.17, 15) is 0 Å². The molecule has 74 valence electrons. The summed E-state index contributed by atoms with van der Waals surface area (Å²) in [5, 5.41) is 0.771. The van der Waals surface area contributed by atoms with Crippen molar-refractivity contribution in [3.8, 4) is 0 Å². The third-order valence-electron chi connectivity index (χ3n) is 2.23. The van der Waals surface area contributed by atoms with E-state index in [2.05, 4.69) is 16.9 Å². The second kappa shape index (κ2) is 3.79. The van der Waals surface area contributed by atoms with Gasteiger partial charge in [0.25, 0.3) is 0 Å². The minimum absolute atomic E-state index is 0.398. The molecule has 1 aromatic heterocycles. The van der Waals surface area contributed by atoms with E-state index in [1.165, 1.54) is 0 Å². The van der Waals surface area contributed by atoms with Gasteiger partial charge in [0.1, 0.15) is 5.82 Å². The molecule has 1 N–H and O–H groups in total. The van der Waals surface area contributed by atoms with Crippen molar-refractivity contribution in [3.05, 3.63) is 28.5 Å². The maximum atomic E-state index is 6.07. The van der Waals surface area contributed by atoms with Crippen LogP contribution in [0.2, 0.25) is 5.02 Å². The van der Waals surface area contributed by atoms with Gasteiger partial charge in [-0.3, -0.25) is 0 Å². The number of aromatic nitrogens is 2. The molecule has 0 bridgehead atoms. The summed E-state index contributed by atoms with van der Waals surface area (Å²) in [7, 11) is 0. The molecular weight excluding hydrogens is 219 g/mol. The molecule has 14 heavy (non-hydrogen) atoms. The van der Waals surface area contributed by atoms with Gasteiger partial charge in [-0.25, -0.2) is 4.98 Å². The number of benzene rings is 1. The Morgan fingerprint density at radius 3 is 2.86 bits per heavy atom. The number of hydrogen-bond acceptors (Lipinski definition) is 1. The summed E-state index contributed by atoms with van der Waals surface area (Å²) in [5.74, 6) is 1.19. The summed E-state index contributed by atoms with van der Waals surface area (Å²) in [6.45, 7) is 2.07. The zero-order chi connectivity index (χ0) is 10.1. The summed E-state index contributed by atoms with van der Waals surface area (Å²) < 4.78 is 0. The van der Waals surface area contributed by atoms with Crippen LogP contribution in [-0.4, -0.2) is 9.97 Å². The molecule has 0 spiro atoms. The first kappa shape index (κ1) is 9.81. The number of alkyl halides is 1. The number of nitrogens with zero attached hydrogens (tertiary/aromatic N) is 1. The van der Waals surface area contributed by atoms with Gasteiger partial charge in [0.2, 0.25) is 0 Å². The quantitative estimate of drug-likeness (QED) is 0.784. The Bertz CT molecular complexity index is 462. The number of nitrogens with one attached hydrogen (secondary N) is 1. The van der Waals surface area contributed by atoms with E-state index >= 15 is 0 Å². The van der Waals surface area contributed by atoms with Crippen molar-refractivity contribution in [2.24, 2.45) is 0 Å². The van der Waals surface area contributed by atoms with Crippen molar-refractivity contribution in [2.45, 2.75) is 19.2 Å².